The SMILES string of the molecule is O=C(C1=CC(C(F)(F)F)NN1)N(Cc1ccc(O)cc1F)CC1COC1. The molecule has 3 N–H and O–H groups in total. The minimum Gasteiger partial charge on any atom is -0.508 e. The fraction of sp³-hybridized carbons (Fsp3) is 0.438. The number of nitrogens with zero attached hydrogens (tertiary/aromatic N) is 1. The van der Waals surface area contributed by atoms with E-state index in [2.05, 4.69) is 5.43 Å². The van der Waals surface area contributed by atoms with Crippen LogP contribution in [0.25, 0.3) is 0 Å². The van der Waals surface area contributed by atoms with Gasteiger partial charge >= 0.3 is 6.18 Å². The first-order chi connectivity index (χ1) is 12.2. The van der Waals surface area contributed by atoms with Gasteiger partial charge in [0.1, 0.15) is 23.3 Å². The van der Waals surface area contributed by atoms with Crippen LogP contribution in [0, 0.1) is 11.7 Å². The molecule has 2 aliphatic heterocycles. The molecule has 0 spiro atoms. The smallest absolute Gasteiger partial charge is 0.409 e. The van der Waals surface area contributed by atoms with Crippen LogP contribution < -0.4 is 10.9 Å². The standard InChI is InChI=1S/C16H17F4N3O3/c17-12-3-11(24)2-1-10(12)6-23(5-9-7-26-8-9)15(25)13-4-14(22-21-13)16(18,19)20/h1-4,9,14,21-22,24H,5-8H2. The molecule has 0 aromatic heterocycles. The van der Waals surface area contributed by atoms with Crippen LogP contribution in [0.5, 0.6) is 5.75 Å². The quantitative estimate of drug-likeness (QED) is 0.679. The summed E-state index contributed by atoms with van der Waals surface area (Å²) in [4.78, 5) is 13.9. The predicted octanol–water partition coefficient (Wildman–Crippen LogP) is 1.43. The van der Waals surface area contributed by atoms with Crippen LogP contribution in [0.1, 0.15) is 5.56 Å². The molecule has 0 saturated carbocycles. The highest BCUT2D eigenvalue weighted by Gasteiger charge is 2.42. The molecule has 26 heavy (non-hydrogen) atoms. The molecule has 3 rings (SSSR count). The van der Waals surface area contributed by atoms with Gasteiger partial charge in [-0.05, 0) is 12.1 Å². The van der Waals surface area contributed by atoms with Gasteiger partial charge in [0.25, 0.3) is 5.91 Å². The fourth-order valence-electron chi connectivity index (χ4n) is 2.67. The highest BCUT2D eigenvalue weighted by molar-refractivity contribution is 5.93. The Bertz CT molecular complexity index is 719. The molecule has 6 nitrogen and oxygen atoms in total. The minimum absolute atomic E-state index is 0.0347. The molecule has 2 heterocycles. The van der Waals surface area contributed by atoms with Gasteiger partial charge in [0.05, 0.1) is 13.2 Å². The van der Waals surface area contributed by atoms with Gasteiger partial charge in [-0.2, -0.15) is 13.2 Å². The average Bonchev–Trinajstić information content (AvgIpc) is 3.01. The Kier molecular flexibility index (Phi) is 5.05. The van der Waals surface area contributed by atoms with Crippen LogP contribution in [-0.2, 0) is 16.1 Å². The number of benzene rings is 1. The van der Waals surface area contributed by atoms with E-state index < -0.39 is 23.9 Å². The third kappa shape index (κ3) is 4.07. The summed E-state index contributed by atoms with van der Waals surface area (Å²) in [6, 6.07) is 1.55. The molecule has 1 atom stereocenters. The first-order valence-corrected chi connectivity index (χ1v) is 7.88. The van der Waals surface area contributed by atoms with Gasteiger partial charge in [-0.25, -0.2) is 9.82 Å². The van der Waals surface area contributed by atoms with Crippen LogP contribution in [0.4, 0.5) is 17.6 Å². The number of phenols is 1. The number of hydrogen-bond acceptors (Lipinski definition) is 5. The normalized spacial score (nSPS) is 20.3. The highest BCUT2D eigenvalue weighted by Crippen LogP contribution is 2.25. The maximum atomic E-state index is 14.0. The van der Waals surface area contributed by atoms with E-state index >= 15 is 0 Å². The Hall–Kier alpha value is -2.33. The van der Waals surface area contributed by atoms with E-state index in [0.717, 1.165) is 12.1 Å². The molecule has 1 amide bonds. The summed E-state index contributed by atoms with van der Waals surface area (Å²) in [5.41, 5.74) is 4.15. The van der Waals surface area contributed by atoms with Crippen LogP contribution in [0.3, 0.4) is 0 Å². The maximum Gasteiger partial charge on any atom is 0.409 e. The first kappa shape index (κ1) is 18.5. The number of ether oxygens (including phenoxy) is 1. The predicted molar refractivity (Wildman–Crippen MR) is 82.0 cm³/mol. The molecule has 1 fully saturated rings. The van der Waals surface area contributed by atoms with E-state index in [1.807, 2.05) is 5.43 Å². The molecule has 1 saturated heterocycles. The molecular weight excluding hydrogens is 358 g/mol. The van der Waals surface area contributed by atoms with E-state index in [1.165, 1.54) is 17.0 Å². The number of aromatic hydroxyl groups is 1. The van der Waals surface area contributed by atoms with Crippen molar-refractivity contribution in [3.8, 4) is 5.75 Å². The Morgan fingerprint density at radius 3 is 2.62 bits per heavy atom. The number of hydrogen-bond donors (Lipinski definition) is 3. The van der Waals surface area contributed by atoms with Crippen LogP contribution in [-0.4, -0.2) is 47.9 Å². The number of hydrazine groups is 1. The van der Waals surface area contributed by atoms with Crippen molar-refractivity contribution in [2.24, 2.45) is 5.92 Å². The summed E-state index contributed by atoms with van der Waals surface area (Å²) in [7, 11) is 0. The third-order valence-electron chi connectivity index (χ3n) is 4.15. The van der Waals surface area contributed by atoms with Crippen molar-refractivity contribution in [2.45, 2.75) is 18.8 Å². The van der Waals surface area contributed by atoms with Gasteiger partial charge in [-0.15, -0.1) is 0 Å². The first-order valence-electron chi connectivity index (χ1n) is 7.88. The minimum atomic E-state index is -4.54. The van der Waals surface area contributed by atoms with E-state index in [9.17, 15) is 27.5 Å². The molecule has 10 heteroatoms. The molecule has 1 aromatic rings. The molecule has 1 unspecified atom stereocenters. The van der Waals surface area contributed by atoms with Crippen molar-refractivity contribution >= 4 is 5.91 Å². The fourth-order valence-corrected chi connectivity index (χ4v) is 2.67. The van der Waals surface area contributed by atoms with Crippen LogP contribution >= 0.6 is 0 Å². The van der Waals surface area contributed by atoms with Gasteiger partial charge < -0.3 is 20.2 Å². The molecule has 0 aliphatic carbocycles. The third-order valence-corrected chi connectivity index (χ3v) is 4.15. The molecule has 0 radical (unpaired) electrons. The monoisotopic (exact) mass is 375 g/mol. The van der Waals surface area contributed by atoms with E-state index in [0.29, 0.717) is 13.2 Å². The van der Waals surface area contributed by atoms with E-state index in [4.69, 9.17) is 4.74 Å². The Morgan fingerprint density at radius 2 is 2.08 bits per heavy atom. The molecular formula is C16H17F4N3O3. The average molecular weight is 375 g/mol. The van der Waals surface area contributed by atoms with Crippen LogP contribution in [0.2, 0.25) is 0 Å². The van der Waals surface area contributed by atoms with Crippen molar-refractivity contribution in [3.05, 3.63) is 41.4 Å². The lowest BCUT2D eigenvalue weighted by atomic mass is 10.1. The summed E-state index contributed by atoms with van der Waals surface area (Å²) in [5.74, 6) is -1.60. The van der Waals surface area contributed by atoms with Crippen LogP contribution in [0.15, 0.2) is 30.0 Å². The van der Waals surface area contributed by atoms with Crippen molar-refractivity contribution in [2.75, 3.05) is 19.8 Å². The van der Waals surface area contributed by atoms with E-state index in [-0.39, 0.29) is 36.0 Å². The van der Waals surface area contributed by atoms with Crippen molar-refractivity contribution in [1.82, 2.24) is 15.8 Å². The second-order valence-electron chi connectivity index (χ2n) is 6.23. The van der Waals surface area contributed by atoms with E-state index in [1.54, 1.807) is 0 Å². The van der Waals surface area contributed by atoms with Gasteiger partial charge in [0.15, 0.2) is 0 Å². The molecule has 0 bridgehead atoms. The maximum absolute atomic E-state index is 14.0. The summed E-state index contributed by atoms with van der Waals surface area (Å²) < 4.78 is 57.3. The zero-order valence-electron chi connectivity index (χ0n) is 13.5. The van der Waals surface area contributed by atoms with Gasteiger partial charge in [0.2, 0.25) is 0 Å². The second kappa shape index (κ2) is 7.12. The molecule has 1 aromatic carbocycles. The lowest BCUT2D eigenvalue weighted by molar-refractivity contribution is -0.144. The number of carbonyl (C=O) groups is 1. The number of amides is 1. The number of alkyl halides is 3. The van der Waals surface area contributed by atoms with Gasteiger partial charge in [0, 0.05) is 30.6 Å². The summed E-state index contributed by atoms with van der Waals surface area (Å²) in [5, 5.41) is 9.28. The Morgan fingerprint density at radius 1 is 1.35 bits per heavy atom. The van der Waals surface area contributed by atoms with Gasteiger partial charge in [-0.3, -0.25) is 4.79 Å². The molecule has 142 valence electrons. The van der Waals surface area contributed by atoms with Gasteiger partial charge in [-0.1, -0.05) is 6.07 Å². The number of halogens is 4. The van der Waals surface area contributed by atoms with Crippen molar-refractivity contribution in [1.29, 1.82) is 0 Å². The summed E-state index contributed by atoms with van der Waals surface area (Å²) in [6.07, 6.45) is -3.77. The summed E-state index contributed by atoms with van der Waals surface area (Å²) >= 11 is 0. The lowest BCUT2D eigenvalue weighted by Gasteiger charge is -2.32. The number of carbonyl (C=O) groups excluding carboxylic acids is 1. The number of nitrogens with one attached hydrogen (secondary N) is 2. The topological polar surface area (TPSA) is 73.8 Å². The molecule has 2 aliphatic rings. The second-order valence-corrected chi connectivity index (χ2v) is 6.23. The largest absolute Gasteiger partial charge is 0.508 e. The highest BCUT2D eigenvalue weighted by atomic mass is 19.4. The Labute approximate surface area is 146 Å². The number of phenolic OH excluding ortho intramolecular Hbond substituents is 1. The van der Waals surface area contributed by atoms with Crippen molar-refractivity contribution in [3.63, 3.8) is 0 Å². The zero-order chi connectivity index (χ0) is 18.9. The number of rotatable bonds is 5. The lowest BCUT2D eigenvalue weighted by Crippen LogP contribution is -2.45. The summed E-state index contributed by atoms with van der Waals surface area (Å²) in [6.45, 7) is 0.932. The Balaban J connectivity index is 1.78. The van der Waals surface area contributed by atoms with Crippen molar-refractivity contribution < 1.29 is 32.2 Å². The zero-order valence-corrected chi connectivity index (χ0v) is 13.5.